The maximum atomic E-state index is 13.7. The molecule has 162 valence electrons. The van der Waals surface area contributed by atoms with E-state index in [2.05, 4.69) is 15.6 Å². The highest BCUT2D eigenvalue weighted by Crippen LogP contribution is 2.33. The largest absolute Gasteiger partial charge is 0.457 e. The molecule has 0 fully saturated rings. The third kappa shape index (κ3) is 4.59. The molecule has 10 heteroatoms. The van der Waals surface area contributed by atoms with E-state index in [1.165, 1.54) is 24.3 Å². The summed E-state index contributed by atoms with van der Waals surface area (Å²) < 4.78 is 60.6. The van der Waals surface area contributed by atoms with Gasteiger partial charge in [-0.25, -0.2) is 9.07 Å². The molecule has 4 aromatic rings. The van der Waals surface area contributed by atoms with Gasteiger partial charge in [-0.1, -0.05) is 29.5 Å². The van der Waals surface area contributed by atoms with Crippen LogP contribution < -0.4 is 10.1 Å². The van der Waals surface area contributed by atoms with Gasteiger partial charge in [0.1, 0.15) is 17.3 Å². The lowest BCUT2D eigenvalue weighted by molar-refractivity contribution is -0.143. The summed E-state index contributed by atoms with van der Waals surface area (Å²) in [5.74, 6) is -0.790. The molecule has 32 heavy (non-hydrogen) atoms. The van der Waals surface area contributed by atoms with Crippen molar-refractivity contribution in [1.29, 1.82) is 0 Å². The Hall–Kier alpha value is -4.21. The molecule has 0 aliphatic heterocycles. The van der Waals surface area contributed by atoms with Crippen molar-refractivity contribution in [1.82, 2.24) is 15.0 Å². The van der Waals surface area contributed by atoms with Crippen LogP contribution in [0.15, 0.2) is 78.9 Å². The molecule has 0 aliphatic carbocycles. The molecule has 1 amide bonds. The van der Waals surface area contributed by atoms with E-state index >= 15 is 0 Å². The molecule has 6 nitrogen and oxygen atoms in total. The van der Waals surface area contributed by atoms with Crippen molar-refractivity contribution in [3.8, 4) is 17.2 Å². The van der Waals surface area contributed by atoms with E-state index < -0.39 is 29.3 Å². The molecule has 1 N–H and O–H groups in total. The molecule has 0 unspecified atom stereocenters. The van der Waals surface area contributed by atoms with Gasteiger partial charge in [-0.3, -0.25) is 4.79 Å². The number of nitrogens with one attached hydrogen (secondary N) is 1. The molecular formula is C22H14F4N4O2. The van der Waals surface area contributed by atoms with E-state index in [9.17, 15) is 22.4 Å². The van der Waals surface area contributed by atoms with Crippen molar-refractivity contribution < 1.29 is 27.1 Å². The van der Waals surface area contributed by atoms with Gasteiger partial charge in [0.05, 0.1) is 5.69 Å². The molecule has 3 aromatic carbocycles. The zero-order chi connectivity index (χ0) is 22.7. The van der Waals surface area contributed by atoms with Crippen LogP contribution in [0.25, 0.3) is 5.69 Å². The van der Waals surface area contributed by atoms with Crippen molar-refractivity contribution in [2.45, 2.75) is 6.18 Å². The second-order valence-corrected chi connectivity index (χ2v) is 6.57. The van der Waals surface area contributed by atoms with Gasteiger partial charge in [0.25, 0.3) is 5.91 Å². The Kier molecular flexibility index (Phi) is 5.59. The molecule has 0 saturated heterocycles. The van der Waals surface area contributed by atoms with Crippen LogP contribution in [0.3, 0.4) is 0 Å². The van der Waals surface area contributed by atoms with Crippen molar-refractivity contribution in [2.75, 3.05) is 5.32 Å². The van der Waals surface area contributed by atoms with E-state index in [0.29, 0.717) is 16.2 Å². The topological polar surface area (TPSA) is 69.0 Å². The van der Waals surface area contributed by atoms with Crippen LogP contribution >= 0.6 is 0 Å². The molecule has 0 saturated carbocycles. The van der Waals surface area contributed by atoms with Crippen LogP contribution in [-0.4, -0.2) is 20.9 Å². The van der Waals surface area contributed by atoms with Crippen molar-refractivity contribution in [3.05, 3.63) is 96.1 Å². The zero-order valence-electron chi connectivity index (χ0n) is 16.2. The maximum absolute atomic E-state index is 13.7. The number of anilines is 1. The van der Waals surface area contributed by atoms with Gasteiger partial charge in [-0.05, 0) is 54.6 Å². The summed E-state index contributed by atoms with van der Waals surface area (Å²) in [7, 11) is 0. The number of alkyl halides is 3. The third-order valence-electron chi connectivity index (χ3n) is 4.30. The van der Waals surface area contributed by atoms with Gasteiger partial charge in [-0.15, -0.1) is 5.10 Å². The molecule has 0 aliphatic rings. The quantitative estimate of drug-likeness (QED) is 0.416. The van der Waals surface area contributed by atoms with Crippen molar-refractivity contribution in [3.63, 3.8) is 0 Å². The first-order chi connectivity index (χ1) is 15.3. The van der Waals surface area contributed by atoms with Crippen LogP contribution in [-0.2, 0) is 6.18 Å². The minimum atomic E-state index is -4.96. The zero-order valence-corrected chi connectivity index (χ0v) is 16.2. The summed E-state index contributed by atoms with van der Waals surface area (Å²) >= 11 is 0. The number of hydrogen-bond acceptors (Lipinski definition) is 4. The van der Waals surface area contributed by atoms with Crippen LogP contribution in [0.5, 0.6) is 11.5 Å². The van der Waals surface area contributed by atoms with Gasteiger partial charge >= 0.3 is 6.18 Å². The van der Waals surface area contributed by atoms with Gasteiger partial charge in [-0.2, -0.15) is 13.2 Å². The molecule has 0 bridgehead atoms. The fourth-order valence-electron chi connectivity index (χ4n) is 2.90. The van der Waals surface area contributed by atoms with E-state index in [4.69, 9.17) is 4.74 Å². The Bertz CT molecular complexity index is 1240. The summed E-state index contributed by atoms with van der Waals surface area (Å²) in [5.41, 5.74) is -2.34. The number of hydrogen-bond donors (Lipinski definition) is 1. The number of para-hydroxylation sites is 1. The Morgan fingerprint density at radius 3 is 2.25 bits per heavy atom. The van der Waals surface area contributed by atoms with Gasteiger partial charge in [0.2, 0.25) is 0 Å². The Balaban J connectivity index is 1.57. The molecule has 1 aromatic heterocycles. The second kappa shape index (κ2) is 8.50. The first-order valence-corrected chi connectivity index (χ1v) is 9.24. The molecule has 1 heterocycles. The van der Waals surface area contributed by atoms with Crippen molar-refractivity contribution in [2.24, 2.45) is 0 Å². The number of rotatable bonds is 5. The minimum absolute atomic E-state index is 0.216. The van der Waals surface area contributed by atoms with Crippen molar-refractivity contribution >= 4 is 11.6 Å². The summed E-state index contributed by atoms with van der Waals surface area (Å²) in [4.78, 5) is 12.5. The SMILES string of the molecule is O=C(Nc1ccc(Oc2ccccc2)cc1)c1nnn(-c2cccc(F)c2)c1C(F)(F)F. The van der Waals surface area contributed by atoms with Gasteiger partial charge in [0, 0.05) is 5.69 Å². The third-order valence-corrected chi connectivity index (χ3v) is 4.30. The standard InChI is InChI=1S/C22H14F4N4O2/c23-14-5-4-6-16(13-14)30-20(22(24,25)26)19(28-29-30)21(31)27-15-9-11-18(12-10-15)32-17-7-2-1-3-8-17/h1-13H,(H,27,31). The number of aromatic nitrogens is 3. The number of halogens is 4. The highest BCUT2D eigenvalue weighted by molar-refractivity contribution is 6.03. The normalized spacial score (nSPS) is 11.2. The van der Waals surface area contributed by atoms with E-state index in [0.717, 1.165) is 12.1 Å². The Labute approximate surface area is 179 Å². The molecular weight excluding hydrogens is 428 g/mol. The predicted molar refractivity (Wildman–Crippen MR) is 107 cm³/mol. The summed E-state index contributed by atoms with van der Waals surface area (Å²) in [5, 5.41) is 9.16. The highest BCUT2D eigenvalue weighted by atomic mass is 19.4. The summed E-state index contributed by atoms with van der Waals surface area (Å²) in [6, 6.07) is 19.4. The van der Waals surface area contributed by atoms with Gasteiger partial charge in [0.15, 0.2) is 11.4 Å². The second-order valence-electron chi connectivity index (χ2n) is 6.57. The number of ether oxygens (including phenoxy) is 1. The lowest BCUT2D eigenvalue weighted by atomic mass is 10.2. The van der Waals surface area contributed by atoms with Crippen LogP contribution in [0.4, 0.5) is 23.2 Å². The minimum Gasteiger partial charge on any atom is -0.457 e. The average Bonchev–Trinajstić information content (AvgIpc) is 3.22. The highest BCUT2D eigenvalue weighted by Gasteiger charge is 2.42. The van der Waals surface area contributed by atoms with Crippen LogP contribution in [0.2, 0.25) is 0 Å². The summed E-state index contributed by atoms with van der Waals surface area (Å²) in [6.07, 6.45) is -4.96. The van der Waals surface area contributed by atoms with Gasteiger partial charge < -0.3 is 10.1 Å². The van der Waals surface area contributed by atoms with E-state index in [1.54, 1.807) is 36.4 Å². The number of carbonyl (C=O) groups excluding carboxylic acids is 1. The Morgan fingerprint density at radius 1 is 0.906 bits per heavy atom. The molecule has 0 atom stereocenters. The fraction of sp³-hybridized carbons (Fsp3) is 0.0455. The van der Waals surface area contributed by atoms with E-state index in [1.807, 2.05) is 6.07 Å². The predicted octanol–water partition coefficient (Wildman–Crippen LogP) is 5.47. The molecule has 0 radical (unpaired) electrons. The van der Waals surface area contributed by atoms with E-state index in [-0.39, 0.29) is 11.4 Å². The summed E-state index contributed by atoms with van der Waals surface area (Å²) in [6.45, 7) is 0. The number of nitrogens with zero attached hydrogens (tertiary/aromatic N) is 3. The Morgan fingerprint density at radius 2 is 1.59 bits per heavy atom. The average molecular weight is 442 g/mol. The lowest BCUT2D eigenvalue weighted by Crippen LogP contribution is -2.21. The lowest BCUT2D eigenvalue weighted by Gasteiger charge is -2.11. The van der Waals surface area contributed by atoms with Crippen LogP contribution in [0.1, 0.15) is 16.2 Å². The number of benzene rings is 3. The fourth-order valence-corrected chi connectivity index (χ4v) is 2.90. The molecule has 0 spiro atoms. The first-order valence-electron chi connectivity index (χ1n) is 9.24. The monoisotopic (exact) mass is 442 g/mol. The number of amides is 1. The smallest absolute Gasteiger partial charge is 0.435 e. The maximum Gasteiger partial charge on any atom is 0.435 e. The first kappa shape index (κ1) is 21.0. The number of carbonyl (C=O) groups is 1. The van der Waals surface area contributed by atoms with Crippen LogP contribution in [0, 0.1) is 5.82 Å². The molecule has 4 rings (SSSR count).